The van der Waals surface area contributed by atoms with Gasteiger partial charge in [-0.15, -0.1) is 0 Å². The van der Waals surface area contributed by atoms with E-state index in [9.17, 15) is 9.46 Å². The Morgan fingerprint density at radius 2 is 1.50 bits per heavy atom. The van der Waals surface area contributed by atoms with Crippen LogP contribution in [0.25, 0.3) is 0 Å². The summed E-state index contributed by atoms with van der Waals surface area (Å²) in [7, 11) is 3.43. The van der Waals surface area contributed by atoms with E-state index in [1.807, 2.05) is 21.1 Å². The molecule has 0 aliphatic rings. The van der Waals surface area contributed by atoms with Crippen LogP contribution in [-0.4, -0.2) is 76.7 Å². The van der Waals surface area contributed by atoms with E-state index in [0.717, 1.165) is 12.8 Å². The highest BCUT2D eigenvalue weighted by Gasteiger charge is 2.24. The fourth-order valence-corrected chi connectivity index (χ4v) is 5.03. The van der Waals surface area contributed by atoms with Crippen LogP contribution in [0.2, 0.25) is 0 Å². The molecular weight excluding hydrogens is 590 g/mol. The van der Waals surface area contributed by atoms with Gasteiger partial charge in [0.1, 0.15) is 19.3 Å². The van der Waals surface area contributed by atoms with Crippen molar-refractivity contribution in [2.75, 3.05) is 61.2 Å². The lowest BCUT2D eigenvalue weighted by Gasteiger charge is -2.24. The fraction of sp³-hybridized carbons (Fsp3) is 0.778. The lowest BCUT2D eigenvalue weighted by atomic mass is 10.0. The third-order valence-corrected chi connectivity index (χ3v) is 7.63. The highest BCUT2D eigenvalue weighted by molar-refractivity contribution is 14.1. The highest BCUT2D eigenvalue weighted by Crippen LogP contribution is 2.43. The van der Waals surface area contributed by atoms with E-state index in [1.54, 1.807) is 7.11 Å². The normalized spacial score (nSPS) is 14.6. The number of quaternary nitrogens is 1. The van der Waals surface area contributed by atoms with E-state index in [1.165, 1.54) is 66.9 Å². The summed E-state index contributed by atoms with van der Waals surface area (Å²) in [6, 6.07) is 8.82. The SMILES string of the molecule is CO[C@@H](COCCCCCCCCCCCCc1cccc([125I])c1)COP(=O)(O)OCC[N+](C)(C)C. The lowest BCUT2D eigenvalue weighted by Crippen LogP contribution is -2.37. The molecule has 1 N–H and O–H groups in total. The minimum atomic E-state index is -4.08. The van der Waals surface area contributed by atoms with Crippen molar-refractivity contribution in [2.24, 2.45) is 0 Å². The molecule has 0 amide bonds. The Kier molecular flexibility index (Phi) is 18.8. The smallest absolute Gasteiger partial charge is 0.379 e. The Bertz CT molecular complexity index is 730. The molecule has 1 aromatic carbocycles. The first kappa shape index (κ1) is 34.0. The minimum Gasteiger partial charge on any atom is -0.379 e. The zero-order valence-electron chi connectivity index (χ0n) is 23.0. The van der Waals surface area contributed by atoms with Gasteiger partial charge in [-0.1, -0.05) is 63.5 Å². The molecule has 2 atom stereocenters. The van der Waals surface area contributed by atoms with Gasteiger partial charge in [-0.3, -0.25) is 9.05 Å². The van der Waals surface area contributed by atoms with Crippen LogP contribution in [0.3, 0.4) is 0 Å². The van der Waals surface area contributed by atoms with Crippen LogP contribution in [-0.2, 0) is 29.5 Å². The largest absolute Gasteiger partial charge is 0.472 e. The molecule has 0 bridgehead atoms. The molecule has 0 saturated carbocycles. The monoisotopic (exact) mass is 640 g/mol. The number of rotatable bonds is 23. The summed E-state index contributed by atoms with van der Waals surface area (Å²) in [6.45, 7) is 1.72. The maximum absolute atomic E-state index is 12.0. The number of ether oxygens (including phenoxy) is 2. The Balaban J connectivity index is 1.92. The van der Waals surface area contributed by atoms with Crippen LogP contribution in [0, 0.1) is 3.57 Å². The van der Waals surface area contributed by atoms with Crippen LogP contribution < -0.4 is 0 Å². The summed E-state index contributed by atoms with van der Waals surface area (Å²) in [5.41, 5.74) is 1.46. The number of hydrogen-bond acceptors (Lipinski definition) is 5. The first-order chi connectivity index (χ1) is 17.1. The number of likely N-dealkylation sites (N-methyl/N-ethyl adjacent to an activating group) is 1. The van der Waals surface area contributed by atoms with Gasteiger partial charge in [0.15, 0.2) is 0 Å². The molecule has 1 aromatic rings. The Morgan fingerprint density at radius 1 is 0.889 bits per heavy atom. The van der Waals surface area contributed by atoms with Gasteiger partial charge in [0.05, 0.1) is 34.4 Å². The van der Waals surface area contributed by atoms with E-state index in [0.29, 0.717) is 24.2 Å². The van der Waals surface area contributed by atoms with Gasteiger partial charge >= 0.3 is 7.82 Å². The molecule has 1 unspecified atom stereocenters. The summed E-state index contributed by atoms with van der Waals surface area (Å²) in [5, 5.41) is 0. The zero-order chi connectivity index (χ0) is 26.7. The van der Waals surface area contributed by atoms with E-state index < -0.39 is 13.9 Å². The molecule has 0 heterocycles. The molecule has 0 saturated heterocycles. The molecule has 0 fully saturated rings. The van der Waals surface area contributed by atoms with E-state index in [4.69, 9.17) is 18.5 Å². The number of halogens is 1. The van der Waals surface area contributed by atoms with Crippen LogP contribution in [0.15, 0.2) is 24.3 Å². The summed E-state index contributed by atoms with van der Waals surface area (Å²) in [4.78, 5) is 9.80. The summed E-state index contributed by atoms with van der Waals surface area (Å²) in [5.74, 6) is 0. The van der Waals surface area contributed by atoms with E-state index in [2.05, 4.69) is 46.9 Å². The number of aryl methyl sites for hydroxylation is 1. The van der Waals surface area contributed by atoms with Crippen molar-refractivity contribution in [3.05, 3.63) is 33.4 Å². The number of unbranched alkanes of at least 4 members (excludes halogenated alkanes) is 9. The van der Waals surface area contributed by atoms with E-state index >= 15 is 0 Å². The second-order valence-corrected chi connectivity index (χ2v) is 13.2. The molecule has 210 valence electrons. The van der Waals surface area contributed by atoms with Gasteiger partial charge in [0.2, 0.25) is 0 Å². The first-order valence-corrected chi connectivity index (χ1v) is 16.0. The molecule has 0 spiro atoms. The molecule has 0 aliphatic heterocycles. The molecule has 0 radical (unpaired) electrons. The fourth-order valence-electron chi connectivity index (χ4n) is 3.68. The summed E-state index contributed by atoms with van der Waals surface area (Å²) >= 11 is 2.38. The molecule has 7 nitrogen and oxygen atoms in total. The molecule has 0 aliphatic carbocycles. The third-order valence-electron chi connectivity index (χ3n) is 5.97. The van der Waals surface area contributed by atoms with Crippen LogP contribution in [0.4, 0.5) is 0 Å². The molecule has 0 aromatic heterocycles. The summed E-state index contributed by atoms with van der Waals surface area (Å²) < 4.78 is 35.0. The molecule has 36 heavy (non-hydrogen) atoms. The predicted octanol–water partition coefficient (Wildman–Crippen LogP) is 6.61. The highest BCUT2D eigenvalue weighted by atomic mass is 125. The number of phosphoric ester groups is 1. The van der Waals surface area contributed by atoms with Gasteiger partial charge < -0.3 is 18.9 Å². The van der Waals surface area contributed by atoms with Gasteiger partial charge in [0, 0.05) is 17.3 Å². The van der Waals surface area contributed by atoms with Crippen molar-refractivity contribution in [3.63, 3.8) is 0 Å². The maximum atomic E-state index is 12.0. The number of hydrogen-bond donors (Lipinski definition) is 1. The second-order valence-electron chi connectivity index (χ2n) is 10.5. The second kappa shape index (κ2) is 19.9. The molecular formula is C27H50INO6P+. The van der Waals surface area contributed by atoms with Crippen molar-refractivity contribution < 1.29 is 32.5 Å². The van der Waals surface area contributed by atoms with E-state index in [-0.39, 0.29) is 13.2 Å². The van der Waals surface area contributed by atoms with Crippen LogP contribution >= 0.6 is 30.4 Å². The van der Waals surface area contributed by atoms with Crippen LogP contribution in [0.5, 0.6) is 0 Å². The first-order valence-electron chi connectivity index (χ1n) is 13.4. The number of benzene rings is 1. The lowest BCUT2D eigenvalue weighted by molar-refractivity contribution is -0.870. The van der Waals surface area contributed by atoms with Gasteiger partial charge in [0.25, 0.3) is 0 Å². The third kappa shape index (κ3) is 20.0. The topological polar surface area (TPSA) is 74.2 Å². The average Bonchev–Trinajstić information content (AvgIpc) is 2.80. The predicted molar refractivity (Wildman–Crippen MR) is 155 cm³/mol. The number of methoxy groups -OCH3 is 1. The maximum Gasteiger partial charge on any atom is 0.472 e. The Morgan fingerprint density at radius 3 is 2.08 bits per heavy atom. The average molecular weight is 641 g/mol. The summed E-state index contributed by atoms with van der Waals surface area (Å²) in [6.07, 6.45) is 13.5. The van der Waals surface area contributed by atoms with Gasteiger partial charge in [-0.2, -0.15) is 0 Å². The Labute approximate surface area is 233 Å². The van der Waals surface area contributed by atoms with Crippen LogP contribution in [0.1, 0.15) is 69.8 Å². The van der Waals surface area contributed by atoms with Crippen molar-refractivity contribution in [2.45, 2.75) is 76.7 Å². The van der Waals surface area contributed by atoms with Crippen molar-refractivity contribution >= 4 is 30.4 Å². The van der Waals surface area contributed by atoms with Gasteiger partial charge in [-0.25, -0.2) is 4.57 Å². The van der Waals surface area contributed by atoms with Gasteiger partial charge in [-0.05, 0) is 59.5 Å². The standard InChI is InChI=1S/C27H49INO6P/c1-29(2,3)19-21-34-36(30,31)35-24-27(32-4)23-33-20-14-12-10-8-6-5-7-9-11-13-16-25-17-15-18-26(28)22-25/h15,17-18,22,27H,5-14,16,19-21,23-24H2,1-4H3/p+1/t27-/m0/s1/i28-2. The molecule has 9 heteroatoms. The zero-order valence-corrected chi connectivity index (χ0v) is 26.0. The quantitative estimate of drug-likeness (QED) is 0.0629. The van der Waals surface area contributed by atoms with Crippen molar-refractivity contribution in [3.8, 4) is 0 Å². The Hall–Kier alpha value is -0.0600. The van der Waals surface area contributed by atoms with Crippen molar-refractivity contribution in [1.29, 1.82) is 0 Å². The minimum absolute atomic E-state index is 0.0414. The number of nitrogens with zero attached hydrogens (tertiary/aromatic N) is 1. The van der Waals surface area contributed by atoms with Crippen molar-refractivity contribution in [1.82, 2.24) is 0 Å². The molecule has 1 rings (SSSR count). The number of phosphoric acid groups is 1.